The van der Waals surface area contributed by atoms with Crippen LogP contribution in [0.2, 0.25) is 0 Å². The zero-order valence-electron chi connectivity index (χ0n) is 15.0. The third-order valence-corrected chi connectivity index (χ3v) is 4.76. The van der Waals surface area contributed by atoms with Crippen LogP contribution in [-0.4, -0.2) is 45.2 Å². The van der Waals surface area contributed by atoms with Crippen molar-refractivity contribution in [1.29, 1.82) is 5.26 Å². The van der Waals surface area contributed by atoms with E-state index in [1.807, 2.05) is 30.3 Å². The molecular weight excluding hydrogens is 312 g/mol. The molecule has 0 unspecified atom stereocenters. The Hall–Kier alpha value is -2.71. The summed E-state index contributed by atoms with van der Waals surface area (Å²) in [6.45, 7) is 6.21. The highest BCUT2D eigenvalue weighted by atomic mass is 16.5. The molecule has 25 heavy (non-hydrogen) atoms. The number of nitrogens with one attached hydrogen (secondary N) is 1. The van der Waals surface area contributed by atoms with E-state index in [-0.39, 0.29) is 0 Å². The maximum Gasteiger partial charge on any atom is 0.119 e. The van der Waals surface area contributed by atoms with Gasteiger partial charge in [-0.1, -0.05) is 0 Å². The number of piperazine rings is 1. The fraction of sp³-hybridized carbons (Fsp3) is 0.350. The van der Waals surface area contributed by atoms with Gasteiger partial charge >= 0.3 is 0 Å². The number of hydrogen-bond donors (Lipinski definition) is 1. The Morgan fingerprint density at radius 3 is 2.32 bits per heavy atom. The molecule has 0 aliphatic carbocycles. The Morgan fingerprint density at radius 1 is 1.04 bits per heavy atom. The van der Waals surface area contributed by atoms with E-state index in [4.69, 9.17) is 4.74 Å². The number of benzene rings is 2. The highest BCUT2D eigenvalue weighted by molar-refractivity contribution is 5.77. The summed E-state index contributed by atoms with van der Waals surface area (Å²) in [7, 11) is 3.81. The number of ether oxygens (including phenoxy) is 1. The third-order valence-electron chi connectivity index (χ3n) is 4.76. The molecule has 0 aromatic heterocycles. The smallest absolute Gasteiger partial charge is 0.119 e. The van der Waals surface area contributed by atoms with Crippen LogP contribution in [0.5, 0.6) is 5.75 Å². The first-order chi connectivity index (χ1) is 12.1. The quantitative estimate of drug-likeness (QED) is 0.928. The van der Waals surface area contributed by atoms with E-state index in [0.717, 1.165) is 48.9 Å². The fourth-order valence-electron chi connectivity index (χ4n) is 3.16. The lowest BCUT2D eigenvalue weighted by atomic mass is 10.0. The molecule has 0 atom stereocenters. The number of methoxy groups -OCH3 is 1. The van der Waals surface area contributed by atoms with Crippen molar-refractivity contribution in [3.63, 3.8) is 0 Å². The van der Waals surface area contributed by atoms with Crippen molar-refractivity contribution >= 4 is 17.1 Å². The molecule has 0 amide bonds. The van der Waals surface area contributed by atoms with E-state index in [0.29, 0.717) is 5.56 Å². The molecule has 0 saturated carbocycles. The molecule has 0 bridgehead atoms. The summed E-state index contributed by atoms with van der Waals surface area (Å²) >= 11 is 0. The summed E-state index contributed by atoms with van der Waals surface area (Å²) in [6.07, 6.45) is 0. The van der Waals surface area contributed by atoms with Crippen LogP contribution in [0.4, 0.5) is 17.1 Å². The van der Waals surface area contributed by atoms with Crippen LogP contribution in [0, 0.1) is 18.3 Å². The molecular formula is C20H24N4O. The van der Waals surface area contributed by atoms with Crippen LogP contribution in [0.25, 0.3) is 0 Å². The second kappa shape index (κ2) is 7.45. The van der Waals surface area contributed by atoms with Crippen molar-refractivity contribution in [2.45, 2.75) is 6.92 Å². The zero-order valence-corrected chi connectivity index (χ0v) is 15.0. The average molecular weight is 336 g/mol. The van der Waals surface area contributed by atoms with E-state index in [1.165, 1.54) is 5.69 Å². The lowest BCUT2D eigenvalue weighted by molar-refractivity contribution is 0.312. The molecule has 1 N–H and O–H groups in total. The van der Waals surface area contributed by atoms with Crippen molar-refractivity contribution in [3.05, 3.63) is 47.5 Å². The van der Waals surface area contributed by atoms with Gasteiger partial charge in [-0.3, -0.25) is 0 Å². The molecule has 1 saturated heterocycles. The van der Waals surface area contributed by atoms with Gasteiger partial charge in [0.1, 0.15) is 11.8 Å². The summed E-state index contributed by atoms with van der Waals surface area (Å²) in [6, 6.07) is 14.0. The molecule has 0 radical (unpaired) electrons. The fourth-order valence-corrected chi connectivity index (χ4v) is 3.16. The number of hydrogen-bond acceptors (Lipinski definition) is 5. The molecule has 2 aromatic rings. The van der Waals surface area contributed by atoms with Crippen molar-refractivity contribution in [2.24, 2.45) is 0 Å². The van der Waals surface area contributed by atoms with E-state index < -0.39 is 0 Å². The summed E-state index contributed by atoms with van der Waals surface area (Å²) < 4.78 is 5.20. The monoisotopic (exact) mass is 336 g/mol. The molecule has 5 heteroatoms. The van der Waals surface area contributed by atoms with E-state index >= 15 is 0 Å². The van der Waals surface area contributed by atoms with E-state index in [2.05, 4.69) is 41.2 Å². The molecule has 5 nitrogen and oxygen atoms in total. The second-order valence-corrected chi connectivity index (χ2v) is 6.39. The van der Waals surface area contributed by atoms with Gasteiger partial charge in [-0.2, -0.15) is 5.26 Å². The second-order valence-electron chi connectivity index (χ2n) is 6.39. The minimum absolute atomic E-state index is 0.659. The Balaban J connectivity index is 1.91. The molecule has 1 fully saturated rings. The topological polar surface area (TPSA) is 51.5 Å². The summed E-state index contributed by atoms with van der Waals surface area (Å²) in [4.78, 5) is 4.74. The lowest BCUT2D eigenvalue weighted by Gasteiger charge is -2.35. The van der Waals surface area contributed by atoms with Gasteiger partial charge in [0.25, 0.3) is 0 Å². The van der Waals surface area contributed by atoms with Crippen LogP contribution < -0.4 is 15.0 Å². The van der Waals surface area contributed by atoms with Gasteiger partial charge in [0.2, 0.25) is 0 Å². The van der Waals surface area contributed by atoms with Crippen LogP contribution in [0.3, 0.4) is 0 Å². The molecule has 3 rings (SSSR count). The number of rotatable bonds is 4. The average Bonchev–Trinajstić information content (AvgIpc) is 2.65. The predicted octanol–water partition coefficient (Wildman–Crippen LogP) is 3.37. The van der Waals surface area contributed by atoms with Gasteiger partial charge in [-0.15, -0.1) is 0 Å². The first-order valence-electron chi connectivity index (χ1n) is 8.50. The molecule has 1 aliphatic heterocycles. The first kappa shape index (κ1) is 17.1. The molecule has 0 spiro atoms. The van der Waals surface area contributed by atoms with Crippen LogP contribution >= 0.6 is 0 Å². The van der Waals surface area contributed by atoms with Crippen LogP contribution in [-0.2, 0) is 0 Å². The normalized spacial score (nSPS) is 14.9. The van der Waals surface area contributed by atoms with Crippen LogP contribution in [0.1, 0.15) is 11.1 Å². The van der Waals surface area contributed by atoms with Crippen molar-refractivity contribution in [2.75, 3.05) is 50.6 Å². The minimum Gasteiger partial charge on any atom is -0.497 e. The molecule has 2 aromatic carbocycles. The molecule has 1 heterocycles. The Morgan fingerprint density at radius 2 is 1.72 bits per heavy atom. The standard InChI is InChI=1S/C20H24N4O/c1-15-19(24-12-10-23(2)11-13-24)9-4-16(14-21)20(15)22-17-5-7-18(25-3)8-6-17/h4-9,22H,10-13H2,1-3H3. The number of nitrogens with zero attached hydrogens (tertiary/aromatic N) is 3. The van der Waals surface area contributed by atoms with E-state index in [9.17, 15) is 5.26 Å². The highest BCUT2D eigenvalue weighted by Gasteiger charge is 2.19. The summed E-state index contributed by atoms with van der Waals surface area (Å²) in [5.41, 5.74) is 4.79. The predicted molar refractivity (Wildman–Crippen MR) is 102 cm³/mol. The largest absolute Gasteiger partial charge is 0.497 e. The number of anilines is 3. The van der Waals surface area contributed by atoms with Gasteiger partial charge in [-0.25, -0.2) is 0 Å². The van der Waals surface area contributed by atoms with Crippen molar-refractivity contribution in [1.82, 2.24) is 4.90 Å². The van der Waals surface area contributed by atoms with Gasteiger partial charge in [-0.05, 0) is 55.9 Å². The van der Waals surface area contributed by atoms with E-state index in [1.54, 1.807) is 7.11 Å². The lowest BCUT2D eigenvalue weighted by Crippen LogP contribution is -2.44. The minimum atomic E-state index is 0.659. The molecule has 1 aliphatic rings. The SMILES string of the molecule is COc1ccc(Nc2c(C#N)ccc(N3CCN(C)CC3)c2C)cc1. The van der Waals surface area contributed by atoms with Crippen molar-refractivity contribution in [3.8, 4) is 11.8 Å². The Bertz CT molecular complexity index is 772. The summed E-state index contributed by atoms with van der Waals surface area (Å²) in [5, 5.41) is 12.9. The van der Waals surface area contributed by atoms with Gasteiger partial charge < -0.3 is 19.9 Å². The zero-order chi connectivity index (χ0) is 17.8. The molecule has 130 valence electrons. The van der Waals surface area contributed by atoms with Crippen LogP contribution in [0.15, 0.2) is 36.4 Å². The number of likely N-dealkylation sites (N-methyl/N-ethyl adjacent to an activating group) is 1. The Kier molecular flexibility index (Phi) is 5.11. The van der Waals surface area contributed by atoms with Crippen molar-refractivity contribution < 1.29 is 4.74 Å². The highest BCUT2D eigenvalue weighted by Crippen LogP contribution is 2.33. The summed E-state index contributed by atoms with van der Waals surface area (Å²) in [5.74, 6) is 0.814. The maximum absolute atomic E-state index is 9.51. The number of nitriles is 1. The van der Waals surface area contributed by atoms with Gasteiger partial charge in [0, 0.05) is 37.6 Å². The maximum atomic E-state index is 9.51. The first-order valence-corrected chi connectivity index (χ1v) is 8.50. The van der Waals surface area contributed by atoms with Gasteiger partial charge in [0.05, 0.1) is 18.4 Å². The van der Waals surface area contributed by atoms with Gasteiger partial charge in [0.15, 0.2) is 0 Å². The Labute approximate surface area is 149 Å². The third kappa shape index (κ3) is 3.70.